The van der Waals surface area contributed by atoms with Gasteiger partial charge in [0, 0.05) is 6.42 Å². The zero-order chi connectivity index (χ0) is 20.6. The van der Waals surface area contributed by atoms with E-state index in [1.54, 1.807) is 19.1 Å². The van der Waals surface area contributed by atoms with Crippen LogP contribution in [0.15, 0.2) is 33.9 Å². The Labute approximate surface area is 156 Å². The van der Waals surface area contributed by atoms with Crippen LogP contribution in [-0.2, 0) is 0 Å². The van der Waals surface area contributed by atoms with Gasteiger partial charge in [0.05, 0.1) is 6.10 Å². The Hall–Kier alpha value is -0.980. The molecule has 11 heteroatoms. The van der Waals surface area contributed by atoms with E-state index in [4.69, 9.17) is 0 Å². The molecule has 1 rings (SSSR count). The highest BCUT2D eigenvalue weighted by molar-refractivity contribution is 14.1. The van der Waals surface area contributed by atoms with Crippen LogP contribution in [-0.4, -0.2) is 29.1 Å². The maximum absolute atomic E-state index is 13.5. The quantitative estimate of drug-likeness (QED) is 0.360. The summed E-state index contributed by atoms with van der Waals surface area (Å²) in [6, 6.07) is 5.94. The molecule has 0 radical (unpaired) electrons. The van der Waals surface area contributed by atoms with E-state index in [1.165, 1.54) is 12.1 Å². The fraction of sp³-hybridized carbons (Fsp3) is 0.467. The van der Waals surface area contributed by atoms with Gasteiger partial charge in [-0.25, -0.2) is 0 Å². The summed E-state index contributed by atoms with van der Waals surface area (Å²) in [6.07, 6.45) is -9.82. The fourth-order valence-electron chi connectivity index (χ4n) is 1.82. The summed E-state index contributed by atoms with van der Waals surface area (Å²) < 4.78 is 115. The van der Waals surface area contributed by atoms with Gasteiger partial charge >= 0.3 is 23.9 Å². The number of aliphatic hydroxyl groups is 1. The second-order valence-electron chi connectivity index (χ2n) is 5.50. The molecule has 1 aromatic carbocycles. The van der Waals surface area contributed by atoms with Gasteiger partial charge in [0.2, 0.25) is 0 Å². The van der Waals surface area contributed by atoms with Gasteiger partial charge in [-0.15, -0.1) is 0 Å². The van der Waals surface area contributed by atoms with Crippen molar-refractivity contribution in [3.63, 3.8) is 0 Å². The average molecular weight is 506 g/mol. The van der Waals surface area contributed by atoms with Crippen LogP contribution >= 0.6 is 22.6 Å². The van der Waals surface area contributed by atoms with Crippen LogP contribution in [0.4, 0.5) is 39.5 Å². The fourth-order valence-corrected chi connectivity index (χ4v) is 2.64. The summed E-state index contributed by atoms with van der Waals surface area (Å²) in [5, 5.41) is 9.83. The Balaban J connectivity index is 3.05. The van der Waals surface area contributed by atoms with Crippen LogP contribution in [0.1, 0.15) is 23.7 Å². The summed E-state index contributed by atoms with van der Waals surface area (Å²) in [5.41, 5.74) is 1.00. The minimum absolute atomic E-state index is 0.195. The zero-order valence-corrected chi connectivity index (χ0v) is 15.1. The molecule has 0 heterocycles. The molecule has 1 aromatic rings. The Bertz CT molecular complexity index is 650. The summed E-state index contributed by atoms with van der Waals surface area (Å²) in [7, 11) is 0. The Kier molecular flexibility index (Phi) is 6.71. The van der Waals surface area contributed by atoms with Crippen LogP contribution in [0.25, 0.3) is 0 Å². The highest BCUT2D eigenvalue weighted by atomic mass is 127. The Morgan fingerprint density at radius 2 is 1.42 bits per heavy atom. The molecule has 0 aliphatic rings. The Morgan fingerprint density at radius 3 is 1.85 bits per heavy atom. The second kappa shape index (κ2) is 7.56. The summed E-state index contributed by atoms with van der Waals surface area (Å²) in [4.78, 5) is 0. The van der Waals surface area contributed by atoms with Crippen LogP contribution < -0.4 is 0 Å². The first-order valence-corrected chi connectivity index (χ1v) is 7.92. The molecule has 1 nitrogen and oxygen atoms in total. The van der Waals surface area contributed by atoms with E-state index >= 15 is 0 Å². The van der Waals surface area contributed by atoms with Gasteiger partial charge in [0.15, 0.2) is 0 Å². The predicted molar refractivity (Wildman–Crippen MR) is 83.8 cm³/mol. The van der Waals surface area contributed by atoms with Crippen molar-refractivity contribution in [2.24, 2.45) is 0 Å². The third-order valence-corrected chi connectivity index (χ3v) is 4.10. The smallest absolute Gasteiger partial charge is 0.384 e. The number of halogens is 10. The number of hydrogen-bond donors (Lipinski definition) is 1. The van der Waals surface area contributed by atoms with Crippen molar-refractivity contribution in [3.05, 3.63) is 45.0 Å². The molecule has 0 amide bonds. The number of allylic oxidation sites excluding steroid dienone is 1. The molecule has 0 aliphatic carbocycles. The van der Waals surface area contributed by atoms with Crippen molar-refractivity contribution in [3.8, 4) is 0 Å². The molecule has 26 heavy (non-hydrogen) atoms. The van der Waals surface area contributed by atoms with E-state index in [0.717, 1.165) is 28.2 Å². The largest absolute Gasteiger partial charge is 0.460 e. The highest BCUT2D eigenvalue weighted by Gasteiger charge is 2.81. The van der Waals surface area contributed by atoms with Gasteiger partial charge < -0.3 is 5.11 Å². The topological polar surface area (TPSA) is 20.2 Å². The number of aryl methyl sites for hydroxylation is 1. The number of alkyl halides is 9. The first kappa shape index (κ1) is 23.1. The van der Waals surface area contributed by atoms with Crippen molar-refractivity contribution in [2.75, 3.05) is 0 Å². The van der Waals surface area contributed by atoms with Gasteiger partial charge in [-0.3, -0.25) is 0 Å². The van der Waals surface area contributed by atoms with Crippen molar-refractivity contribution in [1.29, 1.82) is 0 Å². The van der Waals surface area contributed by atoms with Crippen LogP contribution in [0.2, 0.25) is 0 Å². The highest BCUT2D eigenvalue weighted by Crippen LogP contribution is 2.55. The maximum Gasteiger partial charge on any atom is 0.460 e. The predicted octanol–water partition coefficient (Wildman–Crippen LogP) is 6.21. The summed E-state index contributed by atoms with van der Waals surface area (Å²) >= 11 is 1.07. The minimum atomic E-state index is -6.92. The molecule has 0 saturated heterocycles. The number of benzene rings is 1. The van der Waals surface area contributed by atoms with E-state index in [-0.39, 0.29) is 5.56 Å². The van der Waals surface area contributed by atoms with E-state index < -0.39 is 40.0 Å². The van der Waals surface area contributed by atoms with E-state index in [9.17, 15) is 44.6 Å². The van der Waals surface area contributed by atoms with Gasteiger partial charge in [0.1, 0.15) is 0 Å². The van der Waals surface area contributed by atoms with Crippen molar-refractivity contribution in [2.45, 2.75) is 43.4 Å². The molecule has 0 spiro atoms. The SMILES string of the molecule is Cc1ccc(C(O)/C=C(\I)CC(F)(F)C(F)(F)C(F)(F)C(F)(F)F)cc1. The minimum Gasteiger partial charge on any atom is -0.384 e. The van der Waals surface area contributed by atoms with Gasteiger partial charge in [-0.05, 0) is 44.7 Å². The van der Waals surface area contributed by atoms with Crippen LogP contribution in [0.5, 0.6) is 0 Å². The van der Waals surface area contributed by atoms with E-state index in [0.29, 0.717) is 6.08 Å². The lowest BCUT2D eigenvalue weighted by Crippen LogP contribution is -2.60. The first-order chi connectivity index (χ1) is 11.5. The molecule has 1 atom stereocenters. The standard InChI is InChI=1S/C15H12F9IO/c1-8-2-4-9(5-3-8)11(26)6-10(25)7-12(16,17)13(18,19)14(20,21)15(22,23)24/h2-6,11,26H,7H2,1H3/b10-6-. The monoisotopic (exact) mass is 506 g/mol. The number of aliphatic hydroxyl groups excluding tert-OH is 1. The maximum atomic E-state index is 13.5. The third-order valence-electron chi connectivity index (χ3n) is 3.36. The van der Waals surface area contributed by atoms with Gasteiger partial charge in [-0.1, -0.05) is 29.8 Å². The Morgan fingerprint density at radius 1 is 0.962 bits per heavy atom. The molecule has 148 valence electrons. The molecular weight excluding hydrogens is 494 g/mol. The summed E-state index contributed by atoms with van der Waals surface area (Å²) in [5.74, 6) is -19.3. The molecule has 0 bridgehead atoms. The average Bonchev–Trinajstić information content (AvgIpc) is 2.45. The normalized spacial score (nSPS) is 15.9. The van der Waals surface area contributed by atoms with Crippen molar-refractivity contribution >= 4 is 22.6 Å². The number of rotatable bonds is 6. The molecule has 0 fully saturated rings. The first-order valence-electron chi connectivity index (χ1n) is 6.84. The lowest BCUT2D eigenvalue weighted by Gasteiger charge is -2.33. The third kappa shape index (κ3) is 4.65. The second-order valence-corrected chi connectivity index (χ2v) is 6.88. The molecule has 1 N–H and O–H groups in total. The molecule has 0 saturated carbocycles. The van der Waals surface area contributed by atoms with Gasteiger partial charge in [0.25, 0.3) is 0 Å². The van der Waals surface area contributed by atoms with Crippen LogP contribution in [0.3, 0.4) is 0 Å². The molecular formula is C15H12F9IO. The lowest BCUT2D eigenvalue weighted by molar-refractivity contribution is -0.395. The van der Waals surface area contributed by atoms with Crippen LogP contribution in [0, 0.1) is 6.92 Å². The van der Waals surface area contributed by atoms with Crippen molar-refractivity contribution in [1.82, 2.24) is 0 Å². The molecule has 1 unspecified atom stereocenters. The molecule has 0 aliphatic heterocycles. The zero-order valence-electron chi connectivity index (χ0n) is 12.9. The van der Waals surface area contributed by atoms with Gasteiger partial charge in [-0.2, -0.15) is 39.5 Å². The molecule has 0 aromatic heterocycles. The van der Waals surface area contributed by atoms with E-state index in [1.807, 2.05) is 0 Å². The lowest BCUT2D eigenvalue weighted by atomic mass is 10.00. The number of hydrogen-bond acceptors (Lipinski definition) is 1. The summed E-state index contributed by atoms with van der Waals surface area (Å²) in [6.45, 7) is 1.72. The van der Waals surface area contributed by atoms with E-state index in [2.05, 4.69) is 0 Å². The van der Waals surface area contributed by atoms with Crippen molar-refractivity contribution < 1.29 is 44.6 Å².